The number of aryl methyl sites for hydroxylation is 2. The highest BCUT2D eigenvalue weighted by molar-refractivity contribution is 7.99. The summed E-state index contributed by atoms with van der Waals surface area (Å²) in [5.41, 5.74) is 2.83. The maximum atomic E-state index is 12.8. The molecule has 0 saturated carbocycles. The topological polar surface area (TPSA) is 83.6 Å². The molecule has 172 valence electrons. The first-order chi connectivity index (χ1) is 16.1. The molecule has 0 atom stereocenters. The summed E-state index contributed by atoms with van der Waals surface area (Å²) in [6.45, 7) is 6.56. The highest BCUT2D eigenvalue weighted by Gasteiger charge is 2.21. The molecule has 0 spiro atoms. The molecule has 1 aliphatic rings. The Morgan fingerprint density at radius 2 is 2.15 bits per heavy atom. The van der Waals surface area contributed by atoms with Crippen LogP contribution in [-0.2, 0) is 30.6 Å². The number of allylic oxidation sites excluding steroid dienone is 1. The van der Waals surface area contributed by atoms with Gasteiger partial charge in [0.25, 0.3) is 0 Å². The van der Waals surface area contributed by atoms with Crippen LogP contribution in [0.15, 0.2) is 29.3 Å². The molecule has 6 nitrogen and oxygen atoms in total. The van der Waals surface area contributed by atoms with Crippen molar-refractivity contribution < 1.29 is 4.79 Å². The van der Waals surface area contributed by atoms with Crippen LogP contribution in [0.25, 0.3) is 11.4 Å². The molecule has 0 bridgehead atoms. The number of thioether (sulfide) groups is 1. The lowest BCUT2D eigenvalue weighted by atomic mass is 9.97. The maximum Gasteiger partial charge on any atom is 0.235 e. The predicted octanol–water partition coefficient (Wildman–Crippen LogP) is 6.08. The van der Waals surface area contributed by atoms with E-state index in [2.05, 4.69) is 46.5 Å². The third-order valence-corrected chi connectivity index (χ3v) is 8.91. The Kier molecular flexibility index (Phi) is 8.02. The zero-order valence-electron chi connectivity index (χ0n) is 18.7. The van der Waals surface area contributed by atoms with Crippen LogP contribution in [0.3, 0.4) is 0 Å². The van der Waals surface area contributed by atoms with Gasteiger partial charge in [0.05, 0.1) is 11.3 Å². The number of nitriles is 1. The van der Waals surface area contributed by atoms with Crippen LogP contribution >= 0.6 is 34.4 Å². The third-order valence-electron chi connectivity index (χ3n) is 5.66. The lowest BCUT2D eigenvalue weighted by molar-refractivity contribution is -0.113. The van der Waals surface area contributed by atoms with Crippen molar-refractivity contribution in [3.05, 3.63) is 45.0 Å². The Morgan fingerprint density at radius 1 is 1.33 bits per heavy atom. The van der Waals surface area contributed by atoms with Gasteiger partial charge in [0.15, 0.2) is 11.0 Å². The monoisotopic (exact) mass is 497 g/mol. The fourth-order valence-corrected chi connectivity index (χ4v) is 6.82. The van der Waals surface area contributed by atoms with E-state index >= 15 is 0 Å². The molecule has 1 amide bonds. The van der Waals surface area contributed by atoms with Gasteiger partial charge in [-0.1, -0.05) is 37.6 Å². The van der Waals surface area contributed by atoms with E-state index in [1.807, 2.05) is 10.6 Å². The first-order valence-corrected chi connectivity index (χ1v) is 13.9. The van der Waals surface area contributed by atoms with Gasteiger partial charge >= 0.3 is 0 Å². The van der Waals surface area contributed by atoms with Crippen molar-refractivity contribution >= 4 is 45.3 Å². The number of nitrogens with one attached hydrogen (secondary N) is 1. The van der Waals surface area contributed by atoms with E-state index in [-0.39, 0.29) is 11.7 Å². The Bertz CT molecular complexity index is 1180. The molecular formula is C24H27N5OS3. The zero-order chi connectivity index (χ0) is 23.2. The number of thiophene rings is 2. The summed E-state index contributed by atoms with van der Waals surface area (Å²) >= 11 is 4.63. The van der Waals surface area contributed by atoms with Crippen LogP contribution in [0, 0.1) is 11.3 Å². The number of anilines is 1. The second-order valence-corrected chi connectivity index (χ2v) is 11.0. The fourth-order valence-electron chi connectivity index (χ4n) is 4.00. The molecule has 0 fully saturated rings. The second kappa shape index (κ2) is 11.1. The smallest absolute Gasteiger partial charge is 0.235 e. The molecule has 1 aliphatic carbocycles. The van der Waals surface area contributed by atoms with E-state index in [9.17, 15) is 10.1 Å². The molecule has 4 rings (SSSR count). The Morgan fingerprint density at radius 3 is 2.88 bits per heavy atom. The van der Waals surface area contributed by atoms with Crippen molar-refractivity contribution in [1.29, 1.82) is 5.26 Å². The quantitative estimate of drug-likeness (QED) is 0.301. The summed E-state index contributed by atoms with van der Waals surface area (Å²) in [4.78, 5) is 15.3. The van der Waals surface area contributed by atoms with Crippen LogP contribution in [-0.4, -0.2) is 26.4 Å². The number of hydrogen-bond acceptors (Lipinski definition) is 7. The molecular weight excluding hydrogens is 470 g/mol. The summed E-state index contributed by atoms with van der Waals surface area (Å²) in [5.74, 6) is 0.856. The highest BCUT2D eigenvalue weighted by atomic mass is 32.2. The van der Waals surface area contributed by atoms with Crippen molar-refractivity contribution in [2.45, 2.75) is 63.6 Å². The van der Waals surface area contributed by atoms with Gasteiger partial charge in [-0.3, -0.25) is 9.36 Å². The zero-order valence-corrected chi connectivity index (χ0v) is 21.2. The molecule has 3 aromatic heterocycles. The molecule has 0 saturated heterocycles. The number of fused-ring (bicyclic) bond motifs is 1. The minimum absolute atomic E-state index is 0.135. The first-order valence-electron chi connectivity index (χ1n) is 11.2. The average molecular weight is 498 g/mol. The van der Waals surface area contributed by atoms with Crippen molar-refractivity contribution in [2.24, 2.45) is 0 Å². The highest BCUT2D eigenvalue weighted by Crippen LogP contribution is 2.37. The number of nitrogens with zero attached hydrogens (tertiary/aromatic N) is 4. The Hall–Kier alpha value is -2.41. The number of rotatable bonds is 8. The molecule has 33 heavy (non-hydrogen) atoms. The van der Waals surface area contributed by atoms with Crippen molar-refractivity contribution in [3.63, 3.8) is 0 Å². The third kappa shape index (κ3) is 5.40. The summed E-state index contributed by atoms with van der Waals surface area (Å²) in [5, 5.41) is 24.9. The summed E-state index contributed by atoms with van der Waals surface area (Å²) < 4.78 is 1.99. The minimum atomic E-state index is -0.135. The van der Waals surface area contributed by atoms with Crippen LogP contribution in [0.5, 0.6) is 0 Å². The average Bonchev–Trinajstić information content (AvgIpc) is 3.50. The number of carbonyl (C=O) groups is 1. The normalized spacial score (nSPS) is 13.6. The lowest BCUT2D eigenvalue weighted by Gasteiger charge is -2.08. The van der Waals surface area contributed by atoms with Gasteiger partial charge in [0.2, 0.25) is 5.91 Å². The maximum absolute atomic E-state index is 12.8. The summed E-state index contributed by atoms with van der Waals surface area (Å²) in [7, 11) is 0. The van der Waals surface area contributed by atoms with E-state index in [1.165, 1.54) is 34.4 Å². The van der Waals surface area contributed by atoms with E-state index in [0.717, 1.165) is 49.1 Å². The first kappa shape index (κ1) is 23.7. The molecule has 1 N–H and O–H groups in total. The van der Waals surface area contributed by atoms with Gasteiger partial charge in [-0.05, 0) is 43.7 Å². The van der Waals surface area contributed by atoms with Crippen LogP contribution in [0.2, 0.25) is 0 Å². The SMILES string of the molecule is C=CCn1c(SCC(=O)Nc2sc3c(c2C#N)CCCCCC3)nnc1-c1csc(CC)c1. The molecule has 0 aromatic carbocycles. The van der Waals surface area contributed by atoms with Gasteiger partial charge in [-0.2, -0.15) is 5.26 Å². The summed E-state index contributed by atoms with van der Waals surface area (Å²) in [6, 6.07) is 4.48. The Labute approximate surface area is 206 Å². The van der Waals surface area contributed by atoms with E-state index < -0.39 is 0 Å². The van der Waals surface area contributed by atoms with Crippen molar-refractivity contribution in [3.8, 4) is 17.5 Å². The van der Waals surface area contributed by atoms with Gasteiger partial charge < -0.3 is 5.32 Å². The van der Waals surface area contributed by atoms with Crippen molar-refractivity contribution in [2.75, 3.05) is 11.1 Å². The molecule has 3 heterocycles. The van der Waals surface area contributed by atoms with E-state index in [0.29, 0.717) is 22.3 Å². The lowest BCUT2D eigenvalue weighted by Crippen LogP contribution is -2.14. The fraction of sp³-hybridized carbons (Fsp3) is 0.417. The Balaban J connectivity index is 1.47. The minimum Gasteiger partial charge on any atom is -0.316 e. The van der Waals surface area contributed by atoms with E-state index in [4.69, 9.17) is 0 Å². The second-order valence-electron chi connectivity index (χ2n) is 7.93. The van der Waals surface area contributed by atoms with Crippen LogP contribution in [0.1, 0.15) is 53.5 Å². The standard InChI is InChI=1S/C24H27N5OS3/c1-3-11-29-22(16-12-17(4-2)31-14-16)27-28-24(29)32-15-21(30)26-23-19(13-25)18-9-7-5-6-8-10-20(18)33-23/h3,12,14H,1,4-11,15H2,2H3,(H,26,30). The molecule has 9 heteroatoms. The number of hydrogen-bond donors (Lipinski definition) is 1. The molecule has 0 radical (unpaired) electrons. The van der Waals surface area contributed by atoms with Gasteiger partial charge in [0, 0.05) is 27.2 Å². The predicted molar refractivity (Wildman–Crippen MR) is 137 cm³/mol. The largest absolute Gasteiger partial charge is 0.316 e. The summed E-state index contributed by atoms with van der Waals surface area (Å²) in [6.07, 6.45) is 9.40. The van der Waals surface area contributed by atoms with Crippen LogP contribution < -0.4 is 5.32 Å². The van der Waals surface area contributed by atoms with Crippen LogP contribution in [0.4, 0.5) is 5.00 Å². The molecule has 0 aliphatic heterocycles. The molecule has 3 aromatic rings. The van der Waals surface area contributed by atoms with Gasteiger partial charge in [-0.25, -0.2) is 0 Å². The number of aromatic nitrogens is 3. The number of amides is 1. The van der Waals surface area contributed by atoms with Crippen molar-refractivity contribution in [1.82, 2.24) is 14.8 Å². The van der Waals surface area contributed by atoms with Gasteiger partial charge in [-0.15, -0.1) is 39.4 Å². The molecule has 0 unspecified atom stereocenters. The number of carbonyl (C=O) groups excluding carboxylic acids is 1. The van der Waals surface area contributed by atoms with E-state index in [1.54, 1.807) is 22.7 Å². The van der Waals surface area contributed by atoms with Gasteiger partial charge in [0.1, 0.15) is 11.1 Å².